The number of sulfonamides is 1. The van der Waals surface area contributed by atoms with Crippen LogP contribution in [0.2, 0.25) is 0 Å². The van der Waals surface area contributed by atoms with Gasteiger partial charge in [0.05, 0.1) is 16.9 Å². The highest BCUT2D eigenvalue weighted by Crippen LogP contribution is 2.19. The molecule has 0 aliphatic carbocycles. The quantitative estimate of drug-likeness (QED) is 0.731. The first-order valence-corrected chi connectivity index (χ1v) is 8.53. The van der Waals surface area contributed by atoms with E-state index in [4.69, 9.17) is 5.11 Å². The highest BCUT2D eigenvalue weighted by Gasteiger charge is 2.27. The van der Waals surface area contributed by atoms with E-state index in [0.717, 1.165) is 4.31 Å². The summed E-state index contributed by atoms with van der Waals surface area (Å²) in [4.78, 5) is 22.9. The molecule has 1 aromatic rings. The summed E-state index contributed by atoms with van der Waals surface area (Å²) in [6.45, 7) is 2.96. The standard InChI is InChI=1S/C15H22N2O5S/c1-15(2,14(19)20)9-10-16-13(18)11-17(3)23(21,22)12-7-5-4-6-8-12/h4-8H,9-11H2,1-3H3,(H,16,18)(H,19,20). The lowest BCUT2D eigenvalue weighted by atomic mass is 9.90. The molecule has 0 atom stereocenters. The molecule has 0 aliphatic heterocycles. The fourth-order valence-electron chi connectivity index (χ4n) is 1.74. The summed E-state index contributed by atoms with van der Waals surface area (Å²) in [5, 5.41) is 11.5. The summed E-state index contributed by atoms with van der Waals surface area (Å²) in [6, 6.07) is 7.83. The Bertz CT molecular complexity index is 656. The van der Waals surface area contributed by atoms with Crippen molar-refractivity contribution < 1.29 is 23.1 Å². The van der Waals surface area contributed by atoms with E-state index >= 15 is 0 Å². The SMILES string of the molecule is CN(CC(=O)NCCC(C)(C)C(=O)O)S(=O)(=O)c1ccccc1. The zero-order valence-electron chi connectivity index (χ0n) is 13.4. The van der Waals surface area contributed by atoms with Crippen molar-refractivity contribution in [2.45, 2.75) is 25.2 Å². The second-order valence-electron chi connectivity index (χ2n) is 5.86. The van der Waals surface area contributed by atoms with Crippen molar-refractivity contribution in [2.24, 2.45) is 5.41 Å². The molecule has 0 saturated carbocycles. The van der Waals surface area contributed by atoms with Crippen LogP contribution in [0.3, 0.4) is 0 Å². The Morgan fingerprint density at radius 2 is 1.78 bits per heavy atom. The topological polar surface area (TPSA) is 104 Å². The maximum absolute atomic E-state index is 12.3. The van der Waals surface area contributed by atoms with Crippen molar-refractivity contribution in [3.8, 4) is 0 Å². The first-order chi connectivity index (χ1) is 10.6. The number of nitrogens with zero attached hydrogens (tertiary/aromatic N) is 1. The molecule has 0 spiro atoms. The molecule has 7 nitrogen and oxygen atoms in total. The van der Waals surface area contributed by atoms with Gasteiger partial charge in [-0.3, -0.25) is 9.59 Å². The summed E-state index contributed by atoms with van der Waals surface area (Å²) in [6.07, 6.45) is 0.253. The molecule has 2 N–H and O–H groups in total. The molecule has 0 radical (unpaired) electrons. The molecule has 0 fully saturated rings. The lowest BCUT2D eigenvalue weighted by Gasteiger charge is -2.20. The van der Waals surface area contributed by atoms with Gasteiger partial charge in [-0.15, -0.1) is 0 Å². The molecule has 0 aromatic heterocycles. The molecule has 0 bridgehead atoms. The van der Waals surface area contributed by atoms with Gasteiger partial charge in [-0.2, -0.15) is 4.31 Å². The molecular formula is C15H22N2O5S. The van der Waals surface area contributed by atoms with Crippen LogP contribution in [0.1, 0.15) is 20.3 Å². The van der Waals surface area contributed by atoms with E-state index in [1.807, 2.05) is 0 Å². The summed E-state index contributed by atoms with van der Waals surface area (Å²) < 4.78 is 25.5. The van der Waals surface area contributed by atoms with Crippen molar-refractivity contribution in [1.29, 1.82) is 0 Å². The maximum atomic E-state index is 12.3. The minimum Gasteiger partial charge on any atom is -0.481 e. The number of hydrogen-bond acceptors (Lipinski definition) is 4. The Kier molecular flexibility index (Phi) is 6.28. The Labute approximate surface area is 136 Å². The highest BCUT2D eigenvalue weighted by atomic mass is 32.2. The van der Waals surface area contributed by atoms with Crippen molar-refractivity contribution in [3.05, 3.63) is 30.3 Å². The van der Waals surface area contributed by atoms with Gasteiger partial charge >= 0.3 is 5.97 Å². The smallest absolute Gasteiger partial charge is 0.309 e. The number of carbonyl (C=O) groups is 2. The van der Waals surface area contributed by atoms with Crippen LogP contribution in [0.4, 0.5) is 0 Å². The van der Waals surface area contributed by atoms with Crippen molar-refractivity contribution in [2.75, 3.05) is 20.1 Å². The number of likely N-dealkylation sites (N-methyl/N-ethyl adjacent to an activating group) is 1. The van der Waals surface area contributed by atoms with Crippen LogP contribution in [-0.4, -0.2) is 49.8 Å². The molecule has 1 rings (SSSR count). The third kappa shape index (κ3) is 5.33. The number of nitrogens with one attached hydrogen (secondary N) is 1. The molecule has 128 valence electrons. The van der Waals surface area contributed by atoms with Gasteiger partial charge in [0, 0.05) is 13.6 Å². The van der Waals surface area contributed by atoms with Crippen LogP contribution in [0.15, 0.2) is 35.2 Å². The predicted octanol–water partition coefficient (Wildman–Crippen LogP) is 0.924. The summed E-state index contributed by atoms with van der Waals surface area (Å²) in [5.74, 6) is -1.43. The summed E-state index contributed by atoms with van der Waals surface area (Å²) in [5.41, 5.74) is -0.949. The van der Waals surface area contributed by atoms with E-state index in [1.54, 1.807) is 32.0 Å². The van der Waals surface area contributed by atoms with Crippen molar-refractivity contribution in [1.82, 2.24) is 9.62 Å². The molecule has 1 aromatic carbocycles. The van der Waals surface area contributed by atoms with Gasteiger partial charge in [-0.05, 0) is 32.4 Å². The number of hydrogen-bond donors (Lipinski definition) is 2. The van der Waals surface area contributed by atoms with Crippen LogP contribution < -0.4 is 5.32 Å². The first kappa shape index (κ1) is 19.1. The summed E-state index contributed by atoms with van der Waals surface area (Å²) >= 11 is 0. The lowest BCUT2D eigenvalue weighted by Crippen LogP contribution is -2.40. The third-order valence-corrected chi connectivity index (χ3v) is 5.29. The van der Waals surface area contributed by atoms with Gasteiger partial charge in [0.1, 0.15) is 0 Å². The van der Waals surface area contributed by atoms with Crippen molar-refractivity contribution >= 4 is 21.9 Å². The average molecular weight is 342 g/mol. The van der Waals surface area contributed by atoms with Crippen LogP contribution in [0, 0.1) is 5.41 Å². The Balaban J connectivity index is 2.56. The fraction of sp³-hybridized carbons (Fsp3) is 0.467. The van der Waals surface area contributed by atoms with E-state index in [2.05, 4.69) is 5.32 Å². The highest BCUT2D eigenvalue weighted by molar-refractivity contribution is 7.89. The van der Waals surface area contributed by atoms with Crippen LogP contribution in [0.25, 0.3) is 0 Å². The van der Waals surface area contributed by atoms with Crippen molar-refractivity contribution in [3.63, 3.8) is 0 Å². The second kappa shape index (κ2) is 7.56. The number of amides is 1. The number of aliphatic carboxylic acids is 1. The number of benzene rings is 1. The van der Waals surface area contributed by atoms with E-state index in [1.165, 1.54) is 19.2 Å². The zero-order valence-corrected chi connectivity index (χ0v) is 14.3. The molecule has 0 heterocycles. The lowest BCUT2D eigenvalue weighted by molar-refractivity contribution is -0.147. The van der Waals surface area contributed by atoms with Crippen LogP contribution in [0.5, 0.6) is 0 Å². The number of rotatable bonds is 8. The van der Waals surface area contributed by atoms with Crippen LogP contribution in [-0.2, 0) is 19.6 Å². The van der Waals surface area contributed by atoms with Gasteiger partial charge in [-0.25, -0.2) is 8.42 Å². The largest absolute Gasteiger partial charge is 0.481 e. The molecule has 23 heavy (non-hydrogen) atoms. The first-order valence-electron chi connectivity index (χ1n) is 7.09. The Hall–Kier alpha value is -1.93. The van der Waals surface area contributed by atoms with E-state index in [0.29, 0.717) is 0 Å². The van der Waals surface area contributed by atoms with Gasteiger partial charge in [0.25, 0.3) is 0 Å². The number of carbonyl (C=O) groups excluding carboxylic acids is 1. The average Bonchev–Trinajstić information content (AvgIpc) is 2.47. The second-order valence-corrected chi connectivity index (χ2v) is 7.91. The maximum Gasteiger partial charge on any atom is 0.309 e. The molecule has 1 amide bonds. The minimum absolute atomic E-state index is 0.113. The van der Waals surface area contributed by atoms with E-state index < -0.39 is 27.3 Å². The monoisotopic (exact) mass is 342 g/mol. The molecule has 8 heteroatoms. The van der Waals surface area contributed by atoms with E-state index in [-0.39, 0.29) is 24.4 Å². The molecule has 0 saturated heterocycles. The van der Waals surface area contributed by atoms with E-state index in [9.17, 15) is 18.0 Å². The Morgan fingerprint density at radius 1 is 1.22 bits per heavy atom. The van der Waals surface area contributed by atoms with Gasteiger partial charge in [-0.1, -0.05) is 18.2 Å². The van der Waals surface area contributed by atoms with Crippen LogP contribution >= 0.6 is 0 Å². The predicted molar refractivity (Wildman–Crippen MR) is 85.3 cm³/mol. The minimum atomic E-state index is -3.72. The normalized spacial score (nSPS) is 12.2. The number of carboxylic acid groups (broad SMARTS) is 1. The zero-order chi connectivity index (χ0) is 17.7. The molecule has 0 unspecified atom stereocenters. The van der Waals surface area contributed by atoms with Gasteiger partial charge in [0.2, 0.25) is 15.9 Å². The molecule has 0 aliphatic rings. The molecular weight excluding hydrogens is 320 g/mol. The van der Waals surface area contributed by atoms with Gasteiger partial charge < -0.3 is 10.4 Å². The third-order valence-electron chi connectivity index (χ3n) is 3.47. The summed E-state index contributed by atoms with van der Waals surface area (Å²) in [7, 11) is -2.40. The Morgan fingerprint density at radius 3 is 2.30 bits per heavy atom. The number of carboxylic acids is 1. The fourth-order valence-corrected chi connectivity index (χ4v) is 2.89. The van der Waals surface area contributed by atoms with Gasteiger partial charge in [0.15, 0.2) is 0 Å².